The van der Waals surface area contributed by atoms with E-state index in [4.69, 9.17) is 5.73 Å². The highest BCUT2D eigenvalue weighted by Crippen LogP contribution is 2.09. The lowest BCUT2D eigenvalue weighted by Gasteiger charge is -2.12. The molecule has 0 rings (SSSR count). The number of hydrogen-bond acceptors (Lipinski definition) is 2. The van der Waals surface area contributed by atoms with Crippen molar-refractivity contribution in [2.24, 2.45) is 10.7 Å². The van der Waals surface area contributed by atoms with Crippen LogP contribution in [0.2, 0.25) is 0 Å². The second-order valence-corrected chi connectivity index (χ2v) is 4.27. The van der Waals surface area contributed by atoms with Crippen LogP contribution < -0.4 is 5.73 Å². The molecule has 0 aromatic rings. The van der Waals surface area contributed by atoms with Gasteiger partial charge in [-0.3, -0.25) is 9.38 Å². The van der Waals surface area contributed by atoms with Crippen molar-refractivity contribution in [1.29, 1.82) is 0 Å². The van der Waals surface area contributed by atoms with E-state index in [1.54, 1.807) is 0 Å². The Labute approximate surface area is 71.5 Å². The molecule has 0 aliphatic heterocycles. The lowest BCUT2D eigenvalue weighted by molar-refractivity contribution is 0.533. The third-order valence-electron chi connectivity index (χ3n) is 0.773. The first-order valence-electron chi connectivity index (χ1n) is 3.50. The Kier molecular flexibility index (Phi) is 4.49. The maximum Gasteiger partial charge on any atom is 0.154 e. The molecule has 0 spiro atoms. The molecule has 0 aliphatic rings. The summed E-state index contributed by atoms with van der Waals surface area (Å²) >= 11 is 1.26. The van der Waals surface area contributed by atoms with Crippen LogP contribution in [0.3, 0.4) is 0 Å². The second-order valence-electron chi connectivity index (χ2n) is 3.16. The zero-order chi connectivity index (χ0) is 8.91. The molecule has 2 N–H and O–H groups in total. The summed E-state index contributed by atoms with van der Waals surface area (Å²) in [7, 11) is 0. The summed E-state index contributed by atoms with van der Waals surface area (Å²) in [6, 6.07) is 0. The Morgan fingerprint density at radius 1 is 1.55 bits per heavy atom. The molecule has 0 heterocycles. The van der Waals surface area contributed by atoms with Crippen molar-refractivity contribution in [1.82, 2.24) is 0 Å². The Morgan fingerprint density at radius 3 is 2.45 bits per heavy atom. The summed E-state index contributed by atoms with van der Waals surface area (Å²) in [5.41, 5.74) is 5.33. The van der Waals surface area contributed by atoms with Gasteiger partial charge < -0.3 is 5.73 Å². The van der Waals surface area contributed by atoms with Gasteiger partial charge in [-0.15, -0.1) is 0 Å². The zero-order valence-corrected chi connectivity index (χ0v) is 8.04. The first-order chi connectivity index (χ1) is 4.95. The predicted octanol–water partition coefficient (Wildman–Crippen LogP) is 1.80. The van der Waals surface area contributed by atoms with Gasteiger partial charge in [0.15, 0.2) is 5.17 Å². The lowest BCUT2D eigenvalue weighted by atomic mass is 10.1. The van der Waals surface area contributed by atoms with Gasteiger partial charge in [0.1, 0.15) is 0 Å². The molecule has 66 valence electrons. The molecule has 2 nitrogen and oxygen atoms in total. The van der Waals surface area contributed by atoms with Gasteiger partial charge in [-0.2, -0.15) is 0 Å². The van der Waals surface area contributed by atoms with Crippen LogP contribution in [-0.4, -0.2) is 23.1 Å². The number of aliphatic imine (C=N–C) groups is 1. The fourth-order valence-corrected chi connectivity index (χ4v) is 1.13. The standard InChI is InChI=1S/C7H15FN2S/c1-7(2,3)10-6(9)11-5-4-8/h4-5H2,1-3H3,(H2,9,10). The van der Waals surface area contributed by atoms with Crippen LogP contribution >= 0.6 is 11.8 Å². The Morgan fingerprint density at radius 2 is 2.09 bits per heavy atom. The van der Waals surface area contributed by atoms with Gasteiger partial charge in [0.05, 0.1) is 12.2 Å². The monoisotopic (exact) mass is 178 g/mol. The topological polar surface area (TPSA) is 38.4 Å². The van der Waals surface area contributed by atoms with Gasteiger partial charge >= 0.3 is 0 Å². The van der Waals surface area contributed by atoms with Crippen LogP contribution in [0.1, 0.15) is 20.8 Å². The van der Waals surface area contributed by atoms with Crippen molar-refractivity contribution in [3.05, 3.63) is 0 Å². The first kappa shape index (κ1) is 10.8. The van der Waals surface area contributed by atoms with Gasteiger partial charge in [-0.25, -0.2) is 0 Å². The second kappa shape index (κ2) is 4.59. The predicted molar refractivity (Wildman–Crippen MR) is 49.8 cm³/mol. The third-order valence-corrected chi connectivity index (χ3v) is 1.52. The van der Waals surface area contributed by atoms with Crippen molar-refractivity contribution in [2.75, 3.05) is 12.4 Å². The quantitative estimate of drug-likeness (QED) is 0.517. The molecular weight excluding hydrogens is 163 g/mol. The lowest BCUT2D eigenvalue weighted by Crippen LogP contribution is -2.18. The molecule has 0 aromatic heterocycles. The maximum atomic E-state index is 11.7. The molecule has 0 atom stereocenters. The summed E-state index contributed by atoms with van der Waals surface area (Å²) in [5, 5.41) is 0.468. The van der Waals surface area contributed by atoms with Crippen LogP contribution in [0.5, 0.6) is 0 Å². The van der Waals surface area contributed by atoms with Crippen LogP contribution in [0.25, 0.3) is 0 Å². The van der Waals surface area contributed by atoms with E-state index in [-0.39, 0.29) is 12.2 Å². The summed E-state index contributed by atoms with van der Waals surface area (Å²) in [4.78, 5) is 4.14. The number of thioether (sulfide) groups is 1. The van der Waals surface area contributed by atoms with E-state index in [0.29, 0.717) is 10.9 Å². The van der Waals surface area contributed by atoms with E-state index in [1.165, 1.54) is 11.8 Å². The highest BCUT2D eigenvalue weighted by Gasteiger charge is 2.07. The fourth-order valence-electron chi connectivity index (χ4n) is 0.506. The smallest absolute Gasteiger partial charge is 0.154 e. The largest absolute Gasteiger partial charge is 0.379 e. The van der Waals surface area contributed by atoms with Crippen LogP contribution in [-0.2, 0) is 0 Å². The van der Waals surface area contributed by atoms with Crippen LogP contribution in [0.15, 0.2) is 4.99 Å². The van der Waals surface area contributed by atoms with E-state index in [0.717, 1.165) is 0 Å². The number of halogens is 1. The van der Waals surface area contributed by atoms with Crippen molar-refractivity contribution in [3.8, 4) is 0 Å². The van der Waals surface area contributed by atoms with Gasteiger partial charge in [0.2, 0.25) is 0 Å². The molecule has 0 unspecified atom stereocenters. The Hall–Kier alpha value is -0.250. The van der Waals surface area contributed by atoms with E-state index in [9.17, 15) is 4.39 Å². The van der Waals surface area contributed by atoms with Gasteiger partial charge in [0, 0.05) is 5.75 Å². The molecule has 0 aromatic carbocycles. The number of nitrogens with zero attached hydrogens (tertiary/aromatic N) is 1. The fraction of sp³-hybridized carbons (Fsp3) is 0.857. The summed E-state index contributed by atoms with van der Waals surface area (Å²) < 4.78 is 11.7. The highest BCUT2D eigenvalue weighted by atomic mass is 32.2. The SMILES string of the molecule is CC(C)(C)N=C(N)SCCF. The molecule has 11 heavy (non-hydrogen) atoms. The van der Waals surface area contributed by atoms with E-state index in [2.05, 4.69) is 4.99 Å². The first-order valence-corrected chi connectivity index (χ1v) is 4.48. The van der Waals surface area contributed by atoms with Gasteiger partial charge in [-0.05, 0) is 20.8 Å². The Balaban J connectivity index is 3.81. The number of nitrogens with two attached hydrogens (primary N) is 1. The molecule has 0 saturated heterocycles. The number of rotatable bonds is 2. The van der Waals surface area contributed by atoms with Crippen LogP contribution in [0, 0.1) is 0 Å². The summed E-state index contributed by atoms with van der Waals surface area (Å²) in [6.45, 7) is 5.51. The van der Waals surface area contributed by atoms with Crippen molar-refractivity contribution < 1.29 is 4.39 Å². The van der Waals surface area contributed by atoms with E-state index >= 15 is 0 Å². The number of amidine groups is 1. The number of alkyl halides is 1. The van der Waals surface area contributed by atoms with E-state index in [1.807, 2.05) is 20.8 Å². The van der Waals surface area contributed by atoms with Crippen molar-refractivity contribution >= 4 is 16.9 Å². The van der Waals surface area contributed by atoms with Gasteiger partial charge in [0.25, 0.3) is 0 Å². The minimum Gasteiger partial charge on any atom is -0.379 e. The molecule has 4 heteroatoms. The third kappa shape index (κ3) is 7.65. The molecule has 0 fully saturated rings. The van der Waals surface area contributed by atoms with E-state index < -0.39 is 0 Å². The van der Waals surface area contributed by atoms with Crippen molar-refractivity contribution in [2.45, 2.75) is 26.3 Å². The minimum atomic E-state index is -0.356. The molecule has 0 radical (unpaired) electrons. The maximum absolute atomic E-state index is 11.7. The normalized spacial score (nSPS) is 13.6. The minimum absolute atomic E-state index is 0.159. The van der Waals surface area contributed by atoms with Gasteiger partial charge in [-0.1, -0.05) is 11.8 Å². The zero-order valence-electron chi connectivity index (χ0n) is 7.22. The molecule has 0 amide bonds. The average molecular weight is 178 g/mol. The Bertz CT molecular complexity index is 140. The molecule has 0 bridgehead atoms. The summed E-state index contributed by atoms with van der Waals surface area (Å²) in [5.74, 6) is 0.394. The number of hydrogen-bond donors (Lipinski definition) is 1. The highest BCUT2D eigenvalue weighted by molar-refractivity contribution is 8.13. The molecular formula is C7H15FN2S. The van der Waals surface area contributed by atoms with Crippen LogP contribution in [0.4, 0.5) is 4.39 Å². The molecule has 0 saturated carbocycles. The summed E-state index contributed by atoms with van der Waals surface area (Å²) in [6.07, 6.45) is 0. The molecule has 0 aliphatic carbocycles. The average Bonchev–Trinajstić information content (AvgIpc) is 1.79. The van der Waals surface area contributed by atoms with Crippen molar-refractivity contribution in [3.63, 3.8) is 0 Å².